The molecule has 1 saturated heterocycles. The molecule has 6 heteroatoms. The van der Waals surface area contributed by atoms with E-state index in [4.69, 9.17) is 14.2 Å². The van der Waals surface area contributed by atoms with Gasteiger partial charge in [-0.2, -0.15) is 0 Å². The zero-order chi connectivity index (χ0) is 20.6. The van der Waals surface area contributed by atoms with Crippen LogP contribution in [0.5, 0.6) is 17.2 Å². The number of methoxy groups -OCH3 is 2. The molecule has 0 spiro atoms. The smallest absolute Gasteiger partial charge is 0.251 e. The van der Waals surface area contributed by atoms with Crippen LogP contribution in [-0.4, -0.2) is 50.7 Å². The van der Waals surface area contributed by atoms with E-state index >= 15 is 0 Å². The Bertz CT molecular complexity index is 785. The van der Waals surface area contributed by atoms with E-state index in [0.29, 0.717) is 42.0 Å². The fourth-order valence-corrected chi connectivity index (χ4v) is 3.74. The van der Waals surface area contributed by atoms with Crippen LogP contribution in [-0.2, 0) is 6.61 Å². The molecule has 0 bridgehead atoms. The molecule has 0 radical (unpaired) electrons. The SMILES string of the molecule is CCN1CCC[C@H]1CNC(=O)c1cc(OC)c(OCc2ccccc2)c(OC)c1. The first-order valence-electron chi connectivity index (χ1n) is 10.1. The van der Waals surface area contributed by atoms with Crippen LogP contribution in [0.2, 0.25) is 0 Å². The maximum atomic E-state index is 12.7. The highest BCUT2D eigenvalue weighted by Gasteiger charge is 2.24. The van der Waals surface area contributed by atoms with Gasteiger partial charge in [-0.05, 0) is 43.6 Å². The predicted octanol–water partition coefficient (Wildman–Crippen LogP) is 3.50. The third-order valence-corrected chi connectivity index (χ3v) is 5.35. The van der Waals surface area contributed by atoms with Crippen LogP contribution in [0.3, 0.4) is 0 Å². The number of carbonyl (C=O) groups excluding carboxylic acids is 1. The van der Waals surface area contributed by atoms with Crippen molar-refractivity contribution in [1.82, 2.24) is 10.2 Å². The molecule has 1 N–H and O–H groups in total. The fourth-order valence-electron chi connectivity index (χ4n) is 3.74. The van der Waals surface area contributed by atoms with E-state index in [9.17, 15) is 4.79 Å². The average molecular weight is 399 g/mol. The molecule has 1 atom stereocenters. The first kappa shape index (κ1) is 21.0. The van der Waals surface area contributed by atoms with Crippen molar-refractivity contribution in [2.75, 3.05) is 33.9 Å². The van der Waals surface area contributed by atoms with Gasteiger partial charge in [0.25, 0.3) is 5.91 Å². The summed E-state index contributed by atoms with van der Waals surface area (Å²) in [5, 5.41) is 3.05. The molecule has 0 aliphatic carbocycles. The minimum atomic E-state index is -0.140. The topological polar surface area (TPSA) is 60.0 Å². The van der Waals surface area contributed by atoms with Crippen LogP contribution in [0.4, 0.5) is 0 Å². The van der Waals surface area contributed by atoms with E-state index in [1.54, 1.807) is 26.4 Å². The van der Waals surface area contributed by atoms with Crippen molar-refractivity contribution in [3.8, 4) is 17.2 Å². The lowest BCUT2D eigenvalue weighted by Gasteiger charge is -2.23. The lowest BCUT2D eigenvalue weighted by molar-refractivity contribution is 0.0940. The van der Waals surface area contributed by atoms with Crippen molar-refractivity contribution in [2.24, 2.45) is 0 Å². The molecule has 2 aromatic carbocycles. The molecular weight excluding hydrogens is 368 g/mol. The normalized spacial score (nSPS) is 16.4. The number of hydrogen-bond donors (Lipinski definition) is 1. The summed E-state index contributed by atoms with van der Waals surface area (Å²) in [4.78, 5) is 15.1. The van der Waals surface area contributed by atoms with Crippen LogP contribution in [0.15, 0.2) is 42.5 Å². The zero-order valence-electron chi connectivity index (χ0n) is 17.4. The molecule has 1 heterocycles. The molecule has 0 aromatic heterocycles. The van der Waals surface area contributed by atoms with Gasteiger partial charge >= 0.3 is 0 Å². The van der Waals surface area contributed by atoms with Crippen LogP contribution >= 0.6 is 0 Å². The van der Waals surface area contributed by atoms with Crippen LogP contribution in [0.1, 0.15) is 35.7 Å². The molecule has 6 nitrogen and oxygen atoms in total. The number of hydrogen-bond acceptors (Lipinski definition) is 5. The summed E-state index contributed by atoms with van der Waals surface area (Å²) < 4.78 is 16.9. The van der Waals surface area contributed by atoms with Crippen LogP contribution in [0.25, 0.3) is 0 Å². The molecule has 3 rings (SSSR count). The molecule has 0 unspecified atom stereocenters. The monoisotopic (exact) mass is 398 g/mol. The number of likely N-dealkylation sites (tertiary alicyclic amines) is 1. The van der Waals surface area contributed by atoms with Gasteiger partial charge in [0.15, 0.2) is 11.5 Å². The number of benzene rings is 2. The number of likely N-dealkylation sites (N-methyl/N-ethyl adjacent to an activating group) is 1. The van der Waals surface area contributed by atoms with Gasteiger partial charge in [0.2, 0.25) is 5.75 Å². The summed E-state index contributed by atoms with van der Waals surface area (Å²) in [6.07, 6.45) is 2.30. The third kappa shape index (κ3) is 5.21. The maximum absolute atomic E-state index is 12.7. The first-order valence-corrected chi connectivity index (χ1v) is 10.1. The summed E-state index contributed by atoms with van der Waals surface area (Å²) in [6, 6.07) is 13.7. The van der Waals surface area contributed by atoms with E-state index in [1.165, 1.54) is 6.42 Å². The third-order valence-electron chi connectivity index (χ3n) is 5.35. The van der Waals surface area contributed by atoms with Gasteiger partial charge in [-0.15, -0.1) is 0 Å². The van der Waals surface area contributed by atoms with Crippen molar-refractivity contribution in [2.45, 2.75) is 32.4 Å². The Morgan fingerprint density at radius 2 is 1.83 bits per heavy atom. The second kappa shape index (κ2) is 10.2. The van der Waals surface area contributed by atoms with Gasteiger partial charge in [-0.3, -0.25) is 9.69 Å². The first-order chi connectivity index (χ1) is 14.2. The molecule has 1 aliphatic rings. The molecule has 1 amide bonds. The number of nitrogens with one attached hydrogen (secondary N) is 1. The molecule has 156 valence electrons. The quantitative estimate of drug-likeness (QED) is 0.701. The van der Waals surface area contributed by atoms with E-state index < -0.39 is 0 Å². The maximum Gasteiger partial charge on any atom is 0.251 e. The highest BCUT2D eigenvalue weighted by Crippen LogP contribution is 2.39. The summed E-state index contributed by atoms with van der Waals surface area (Å²) in [5.41, 5.74) is 1.53. The van der Waals surface area contributed by atoms with E-state index in [2.05, 4.69) is 17.1 Å². The molecule has 29 heavy (non-hydrogen) atoms. The average Bonchev–Trinajstić information content (AvgIpc) is 3.23. The van der Waals surface area contributed by atoms with Gasteiger partial charge in [0, 0.05) is 18.2 Å². The lowest BCUT2D eigenvalue weighted by Crippen LogP contribution is -2.40. The van der Waals surface area contributed by atoms with Crippen LogP contribution in [0, 0.1) is 0 Å². The van der Waals surface area contributed by atoms with Gasteiger partial charge in [0.05, 0.1) is 14.2 Å². The Hall–Kier alpha value is -2.73. The summed E-state index contributed by atoms with van der Waals surface area (Å²) in [5.74, 6) is 1.30. The number of nitrogens with zero attached hydrogens (tertiary/aromatic N) is 1. The summed E-state index contributed by atoms with van der Waals surface area (Å²) >= 11 is 0. The molecule has 1 aliphatic heterocycles. The zero-order valence-corrected chi connectivity index (χ0v) is 17.4. The van der Waals surface area contributed by atoms with Crippen molar-refractivity contribution in [3.05, 3.63) is 53.6 Å². The summed E-state index contributed by atoms with van der Waals surface area (Å²) in [6.45, 7) is 5.29. The van der Waals surface area contributed by atoms with Crippen molar-refractivity contribution >= 4 is 5.91 Å². The summed E-state index contributed by atoms with van der Waals surface area (Å²) in [7, 11) is 3.12. The fraction of sp³-hybridized carbons (Fsp3) is 0.435. The second-order valence-electron chi connectivity index (χ2n) is 7.12. The van der Waals surface area contributed by atoms with Gasteiger partial charge in [0.1, 0.15) is 6.61 Å². The van der Waals surface area contributed by atoms with E-state index in [-0.39, 0.29) is 5.91 Å². The van der Waals surface area contributed by atoms with Crippen LogP contribution < -0.4 is 19.5 Å². The highest BCUT2D eigenvalue weighted by molar-refractivity contribution is 5.95. The van der Waals surface area contributed by atoms with E-state index in [0.717, 1.165) is 25.1 Å². The largest absolute Gasteiger partial charge is 0.493 e. The molecule has 1 fully saturated rings. The Morgan fingerprint density at radius 3 is 2.45 bits per heavy atom. The predicted molar refractivity (Wildman–Crippen MR) is 113 cm³/mol. The number of amides is 1. The minimum Gasteiger partial charge on any atom is -0.493 e. The Labute approximate surface area is 172 Å². The lowest BCUT2D eigenvalue weighted by atomic mass is 10.1. The van der Waals surface area contributed by atoms with Crippen molar-refractivity contribution in [1.29, 1.82) is 0 Å². The van der Waals surface area contributed by atoms with Gasteiger partial charge < -0.3 is 19.5 Å². The highest BCUT2D eigenvalue weighted by atomic mass is 16.5. The van der Waals surface area contributed by atoms with Gasteiger partial charge in [-0.1, -0.05) is 37.3 Å². The van der Waals surface area contributed by atoms with E-state index in [1.807, 2.05) is 30.3 Å². The molecule has 0 saturated carbocycles. The Kier molecular flexibility index (Phi) is 7.36. The standard InChI is InChI=1S/C23H30N2O4/c1-4-25-12-8-11-19(25)15-24-23(26)18-13-20(27-2)22(21(14-18)28-3)29-16-17-9-6-5-7-10-17/h5-7,9-10,13-14,19H,4,8,11-12,15-16H2,1-3H3,(H,24,26)/t19-/m0/s1. The number of carbonyl (C=O) groups is 1. The van der Waals surface area contributed by atoms with Crippen molar-refractivity contribution in [3.63, 3.8) is 0 Å². The van der Waals surface area contributed by atoms with Gasteiger partial charge in [-0.25, -0.2) is 0 Å². The van der Waals surface area contributed by atoms with Crippen molar-refractivity contribution < 1.29 is 19.0 Å². The molecule has 2 aromatic rings. The Balaban J connectivity index is 1.71. The number of rotatable bonds is 9. The second-order valence-corrected chi connectivity index (χ2v) is 7.12. The minimum absolute atomic E-state index is 0.140. The molecular formula is C23H30N2O4. The Morgan fingerprint density at radius 1 is 1.14 bits per heavy atom. The number of ether oxygens (including phenoxy) is 3.